The van der Waals surface area contributed by atoms with Gasteiger partial charge in [0.15, 0.2) is 0 Å². The molecule has 0 fully saturated rings. The first-order valence-electron chi connectivity index (χ1n) is 8.42. The second kappa shape index (κ2) is 10.4. The summed E-state index contributed by atoms with van der Waals surface area (Å²) >= 11 is 11.7. The standard InChI is InChI=1S/C19H18Cl2N4O4/c1-11-2-4-12(5-3-11)18(28)25-24-17(27)10-22-16(26)9-23-19(29)14-7-6-13(20)8-15(14)21/h2-8H,9-10H2,1H3,(H,22,26)(H,23,29)(H,24,27)(H,25,28). The Kier molecular flexibility index (Phi) is 7.99. The van der Waals surface area contributed by atoms with Crippen LogP contribution in [0.4, 0.5) is 0 Å². The van der Waals surface area contributed by atoms with E-state index in [1.807, 2.05) is 6.92 Å². The molecular weight excluding hydrogens is 419 g/mol. The van der Waals surface area contributed by atoms with Crippen LogP contribution in [0.2, 0.25) is 10.0 Å². The van der Waals surface area contributed by atoms with E-state index in [-0.39, 0.29) is 23.7 Å². The summed E-state index contributed by atoms with van der Waals surface area (Å²) in [5.41, 5.74) is 5.97. The van der Waals surface area contributed by atoms with Crippen LogP contribution in [-0.2, 0) is 9.59 Å². The van der Waals surface area contributed by atoms with Crippen LogP contribution in [0.1, 0.15) is 26.3 Å². The van der Waals surface area contributed by atoms with Gasteiger partial charge in [0.05, 0.1) is 23.7 Å². The summed E-state index contributed by atoms with van der Waals surface area (Å²) in [5.74, 6) is -2.28. The van der Waals surface area contributed by atoms with Gasteiger partial charge in [-0.25, -0.2) is 0 Å². The lowest BCUT2D eigenvalue weighted by molar-refractivity contribution is -0.125. The fraction of sp³-hybridized carbons (Fsp3) is 0.158. The molecule has 2 rings (SSSR count). The number of benzene rings is 2. The quantitative estimate of drug-likeness (QED) is 0.514. The molecule has 4 N–H and O–H groups in total. The summed E-state index contributed by atoms with van der Waals surface area (Å²) in [6, 6.07) is 11.1. The van der Waals surface area contributed by atoms with Crippen molar-refractivity contribution in [3.63, 3.8) is 0 Å². The lowest BCUT2D eigenvalue weighted by atomic mass is 10.1. The van der Waals surface area contributed by atoms with Crippen LogP contribution >= 0.6 is 23.2 Å². The van der Waals surface area contributed by atoms with Crippen molar-refractivity contribution in [3.8, 4) is 0 Å². The van der Waals surface area contributed by atoms with E-state index in [0.29, 0.717) is 10.6 Å². The van der Waals surface area contributed by atoms with E-state index in [9.17, 15) is 19.2 Å². The molecule has 10 heteroatoms. The SMILES string of the molecule is Cc1ccc(C(=O)NNC(=O)CNC(=O)CNC(=O)c2ccc(Cl)cc2Cl)cc1. The average Bonchev–Trinajstić information content (AvgIpc) is 2.69. The molecule has 0 saturated carbocycles. The predicted molar refractivity (Wildman–Crippen MR) is 109 cm³/mol. The van der Waals surface area contributed by atoms with Gasteiger partial charge >= 0.3 is 0 Å². The first-order valence-corrected chi connectivity index (χ1v) is 9.17. The molecule has 0 aromatic heterocycles. The number of rotatable bonds is 6. The van der Waals surface area contributed by atoms with Gasteiger partial charge in [-0.15, -0.1) is 0 Å². The van der Waals surface area contributed by atoms with Crippen LogP contribution in [0.3, 0.4) is 0 Å². The van der Waals surface area contributed by atoms with Gasteiger partial charge in [0, 0.05) is 10.6 Å². The highest BCUT2D eigenvalue weighted by molar-refractivity contribution is 6.36. The summed E-state index contributed by atoms with van der Waals surface area (Å²) in [4.78, 5) is 47.4. The van der Waals surface area contributed by atoms with Crippen molar-refractivity contribution in [2.75, 3.05) is 13.1 Å². The topological polar surface area (TPSA) is 116 Å². The number of amides is 4. The van der Waals surface area contributed by atoms with Crippen LogP contribution in [0, 0.1) is 6.92 Å². The van der Waals surface area contributed by atoms with Crippen molar-refractivity contribution in [1.82, 2.24) is 21.5 Å². The third-order valence-corrected chi connectivity index (χ3v) is 4.21. The molecule has 0 aliphatic heterocycles. The number of carbonyl (C=O) groups excluding carboxylic acids is 4. The monoisotopic (exact) mass is 436 g/mol. The molecule has 0 saturated heterocycles. The third kappa shape index (κ3) is 7.10. The summed E-state index contributed by atoms with van der Waals surface area (Å²) in [5, 5.41) is 5.22. The Morgan fingerprint density at radius 3 is 2.10 bits per heavy atom. The number of hydrazine groups is 1. The highest BCUT2D eigenvalue weighted by Gasteiger charge is 2.13. The van der Waals surface area contributed by atoms with Crippen molar-refractivity contribution in [3.05, 3.63) is 69.2 Å². The van der Waals surface area contributed by atoms with Crippen LogP contribution in [0.25, 0.3) is 0 Å². The molecule has 2 aromatic carbocycles. The Morgan fingerprint density at radius 1 is 0.793 bits per heavy atom. The number of aryl methyl sites for hydroxylation is 1. The molecule has 2 aromatic rings. The van der Waals surface area contributed by atoms with E-state index in [0.717, 1.165) is 5.56 Å². The summed E-state index contributed by atoms with van der Waals surface area (Å²) in [6.07, 6.45) is 0. The van der Waals surface area contributed by atoms with Gasteiger partial charge in [0.2, 0.25) is 5.91 Å². The van der Waals surface area contributed by atoms with Gasteiger partial charge < -0.3 is 10.6 Å². The van der Waals surface area contributed by atoms with Crippen LogP contribution in [0.5, 0.6) is 0 Å². The second-order valence-corrected chi connectivity index (χ2v) is 6.80. The van der Waals surface area contributed by atoms with E-state index in [2.05, 4.69) is 21.5 Å². The van der Waals surface area contributed by atoms with Crippen LogP contribution < -0.4 is 21.5 Å². The summed E-state index contributed by atoms with van der Waals surface area (Å²) in [6.45, 7) is 1.14. The molecule has 8 nitrogen and oxygen atoms in total. The van der Waals surface area contributed by atoms with E-state index in [4.69, 9.17) is 23.2 Å². The lowest BCUT2D eigenvalue weighted by Crippen LogP contribution is -2.47. The van der Waals surface area contributed by atoms with E-state index >= 15 is 0 Å². The number of nitrogens with one attached hydrogen (secondary N) is 4. The summed E-state index contributed by atoms with van der Waals surface area (Å²) in [7, 11) is 0. The van der Waals surface area contributed by atoms with Gasteiger partial charge in [0.1, 0.15) is 0 Å². The molecule has 0 spiro atoms. The molecule has 0 unspecified atom stereocenters. The van der Waals surface area contributed by atoms with Crippen LogP contribution in [0.15, 0.2) is 42.5 Å². The zero-order valence-corrected chi connectivity index (χ0v) is 16.9. The second-order valence-electron chi connectivity index (χ2n) is 5.95. The number of carbonyl (C=O) groups is 4. The Labute approximate surface area is 176 Å². The molecule has 0 atom stereocenters. The minimum Gasteiger partial charge on any atom is -0.345 e. The molecule has 0 aliphatic rings. The van der Waals surface area contributed by atoms with Crippen molar-refractivity contribution < 1.29 is 19.2 Å². The Balaban J connectivity index is 1.70. The minimum atomic E-state index is -0.633. The zero-order valence-electron chi connectivity index (χ0n) is 15.3. The highest BCUT2D eigenvalue weighted by atomic mass is 35.5. The Bertz CT molecular complexity index is 932. The number of halogens is 2. The van der Waals surface area contributed by atoms with Gasteiger partial charge in [-0.05, 0) is 37.3 Å². The molecule has 29 heavy (non-hydrogen) atoms. The molecule has 0 radical (unpaired) electrons. The van der Waals surface area contributed by atoms with Gasteiger partial charge in [-0.3, -0.25) is 30.0 Å². The van der Waals surface area contributed by atoms with Crippen molar-refractivity contribution in [2.45, 2.75) is 6.92 Å². The molecule has 0 heterocycles. The first kappa shape index (κ1) is 22.2. The Morgan fingerprint density at radius 2 is 1.45 bits per heavy atom. The van der Waals surface area contributed by atoms with E-state index in [1.54, 1.807) is 24.3 Å². The summed E-state index contributed by atoms with van der Waals surface area (Å²) < 4.78 is 0. The van der Waals surface area contributed by atoms with Gasteiger partial charge in [-0.2, -0.15) is 0 Å². The molecular formula is C19H18Cl2N4O4. The number of hydrogen-bond acceptors (Lipinski definition) is 4. The van der Waals surface area contributed by atoms with Crippen molar-refractivity contribution >= 4 is 46.8 Å². The maximum atomic E-state index is 12.0. The molecule has 0 bridgehead atoms. The fourth-order valence-electron chi connectivity index (χ4n) is 2.12. The average molecular weight is 437 g/mol. The largest absolute Gasteiger partial charge is 0.345 e. The molecule has 4 amide bonds. The highest BCUT2D eigenvalue weighted by Crippen LogP contribution is 2.20. The van der Waals surface area contributed by atoms with Gasteiger partial charge in [-0.1, -0.05) is 40.9 Å². The maximum Gasteiger partial charge on any atom is 0.269 e. The van der Waals surface area contributed by atoms with E-state index in [1.165, 1.54) is 18.2 Å². The number of hydrogen-bond donors (Lipinski definition) is 4. The lowest BCUT2D eigenvalue weighted by Gasteiger charge is -2.10. The normalized spacial score (nSPS) is 10.0. The Hall–Kier alpha value is -3.10. The van der Waals surface area contributed by atoms with E-state index < -0.39 is 23.6 Å². The predicted octanol–water partition coefficient (Wildman–Crippen LogP) is 1.61. The molecule has 0 aliphatic carbocycles. The van der Waals surface area contributed by atoms with Gasteiger partial charge in [0.25, 0.3) is 17.7 Å². The third-order valence-electron chi connectivity index (χ3n) is 3.66. The van der Waals surface area contributed by atoms with Crippen LogP contribution in [-0.4, -0.2) is 36.7 Å². The minimum absolute atomic E-state index is 0.152. The maximum absolute atomic E-state index is 12.0. The zero-order chi connectivity index (χ0) is 21.4. The smallest absolute Gasteiger partial charge is 0.269 e. The van der Waals surface area contributed by atoms with Crippen molar-refractivity contribution in [2.24, 2.45) is 0 Å². The molecule has 152 valence electrons. The first-order chi connectivity index (χ1) is 13.8. The fourth-order valence-corrected chi connectivity index (χ4v) is 2.61. The van der Waals surface area contributed by atoms with Crippen molar-refractivity contribution in [1.29, 1.82) is 0 Å².